The second kappa shape index (κ2) is 11.5. The van der Waals surface area contributed by atoms with E-state index in [4.69, 9.17) is 4.74 Å². The third-order valence-electron chi connectivity index (χ3n) is 9.34. The van der Waals surface area contributed by atoms with Crippen molar-refractivity contribution in [1.29, 1.82) is 0 Å². The number of aromatic nitrogens is 3. The summed E-state index contributed by atoms with van der Waals surface area (Å²) >= 11 is 0. The van der Waals surface area contributed by atoms with Crippen LogP contribution in [0, 0.1) is 11.8 Å². The molecule has 3 saturated heterocycles. The standard InChI is InChI=1S/C33H34N6O5/c40-19-23(17-21-9-3-1-4-10-21)39-29(31(42)35-20-38-25-14-8-7-13-24(25)36-37-38)33-16-15-26(44-33)27(28(33)32(39)43)30(41)34-18-22-11-5-2-6-12-22/h1-14,23,26-29,40H,15-20H2,(H,34,41)(H,35,42)/t23-,26-,27+,28+,29?,33?/m1/s1. The zero-order chi connectivity index (χ0) is 30.3. The number of amides is 3. The molecule has 0 saturated carbocycles. The quantitative estimate of drug-likeness (QED) is 0.255. The number of ether oxygens (including phenoxy) is 1. The molecular formula is C33H34N6O5. The van der Waals surface area contributed by atoms with Crippen LogP contribution >= 0.6 is 0 Å². The number of carbonyl (C=O) groups excluding carboxylic acids is 3. The molecule has 1 aromatic heterocycles. The highest BCUT2D eigenvalue weighted by Crippen LogP contribution is 2.58. The zero-order valence-electron chi connectivity index (χ0n) is 24.1. The number of aliphatic hydroxyl groups is 1. The Balaban J connectivity index is 1.19. The number of benzene rings is 3. The Morgan fingerprint density at radius 3 is 2.41 bits per heavy atom. The molecule has 4 heterocycles. The van der Waals surface area contributed by atoms with Crippen molar-refractivity contribution in [2.24, 2.45) is 11.8 Å². The number of nitrogens with zero attached hydrogens (tertiary/aromatic N) is 4. The lowest BCUT2D eigenvalue weighted by Gasteiger charge is -2.36. The van der Waals surface area contributed by atoms with E-state index in [1.807, 2.05) is 84.9 Å². The SMILES string of the molecule is O=C(NCn1nnc2ccccc21)C1N([C@@H](CO)Cc2ccccc2)C(=O)[C@@H]2[C@@H](C(=O)NCc3ccccc3)[C@H]3CCC12O3. The van der Waals surface area contributed by atoms with Gasteiger partial charge in [-0.3, -0.25) is 14.4 Å². The molecule has 3 aromatic carbocycles. The normalized spacial score (nSPS) is 26.1. The predicted molar refractivity (Wildman–Crippen MR) is 159 cm³/mol. The molecule has 3 fully saturated rings. The Morgan fingerprint density at radius 1 is 0.955 bits per heavy atom. The first-order chi connectivity index (χ1) is 21.5. The summed E-state index contributed by atoms with van der Waals surface area (Å²) in [4.78, 5) is 43.8. The molecule has 2 bridgehead atoms. The minimum Gasteiger partial charge on any atom is -0.394 e. The van der Waals surface area contributed by atoms with Crippen molar-refractivity contribution in [1.82, 2.24) is 30.5 Å². The van der Waals surface area contributed by atoms with Crippen LogP contribution in [0.25, 0.3) is 11.0 Å². The number of para-hydroxylation sites is 1. The third kappa shape index (κ3) is 4.72. The first-order valence-corrected chi connectivity index (χ1v) is 15.0. The smallest absolute Gasteiger partial charge is 0.247 e. The van der Waals surface area contributed by atoms with Gasteiger partial charge in [-0.25, -0.2) is 4.68 Å². The molecule has 3 amide bonds. The van der Waals surface area contributed by atoms with Crippen LogP contribution in [-0.2, 0) is 38.8 Å². The summed E-state index contributed by atoms with van der Waals surface area (Å²) in [7, 11) is 0. The van der Waals surface area contributed by atoms with Crippen LogP contribution in [0.15, 0.2) is 84.9 Å². The van der Waals surface area contributed by atoms with Crippen molar-refractivity contribution in [2.75, 3.05) is 6.61 Å². The number of nitrogens with one attached hydrogen (secondary N) is 2. The van der Waals surface area contributed by atoms with Crippen molar-refractivity contribution >= 4 is 28.8 Å². The Kier molecular flexibility index (Phi) is 7.35. The second-order valence-corrected chi connectivity index (χ2v) is 11.8. The average molecular weight is 595 g/mol. The highest BCUT2D eigenvalue weighted by molar-refractivity contribution is 5.99. The van der Waals surface area contributed by atoms with Gasteiger partial charge in [-0.15, -0.1) is 5.10 Å². The lowest BCUT2D eigenvalue weighted by molar-refractivity contribution is -0.145. The van der Waals surface area contributed by atoms with Gasteiger partial charge in [0, 0.05) is 6.54 Å². The highest BCUT2D eigenvalue weighted by Gasteiger charge is 2.75. The molecule has 1 spiro atoms. The fourth-order valence-corrected chi connectivity index (χ4v) is 7.41. The van der Waals surface area contributed by atoms with E-state index >= 15 is 0 Å². The molecule has 11 nitrogen and oxygen atoms in total. The summed E-state index contributed by atoms with van der Waals surface area (Å²) in [5, 5.41) is 24.9. The van der Waals surface area contributed by atoms with Gasteiger partial charge in [-0.1, -0.05) is 78.0 Å². The Bertz CT molecular complexity index is 1680. The number of rotatable bonds is 10. The van der Waals surface area contributed by atoms with Gasteiger partial charge in [0.15, 0.2) is 0 Å². The summed E-state index contributed by atoms with van der Waals surface area (Å²) in [5.41, 5.74) is 2.14. The molecule has 0 aliphatic carbocycles. The van der Waals surface area contributed by atoms with Gasteiger partial charge in [0.2, 0.25) is 17.7 Å². The minimum atomic E-state index is -1.19. The predicted octanol–water partition coefficient (Wildman–Crippen LogP) is 1.80. The van der Waals surface area contributed by atoms with Crippen LogP contribution in [-0.4, -0.2) is 73.1 Å². The summed E-state index contributed by atoms with van der Waals surface area (Å²) in [6.45, 7) is 0.00428. The van der Waals surface area contributed by atoms with Crippen molar-refractivity contribution in [2.45, 2.75) is 56.3 Å². The maximum Gasteiger partial charge on any atom is 0.247 e. The number of hydrogen-bond acceptors (Lipinski definition) is 7. The Labute approximate surface area is 254 Å². The molecule has 2 unspecified atom stereocenters. The van der Waals surface area contributed by atoms with E-state index in [0.29, 0.717) is 31.3 Å². The van der Waals surface area contributed by atoms with Gasteiger partial charge in [0.05, 0.1) is 36.1 Å². The molecule has 44 heavy (non-hydrogen) atoms. The molecule has 4 aromatic rings. The van der Waals surface area contributed by atoms with Gasteiger partial charge in [-0.05, 0) is 42.5 Å². The largest absolute Gasteiger partial charge is 0.394 e. The highest BCUT2D eigenvalue weighted by atomic mass is 16.5. The molecule has 0 radical (unpaired) electrons. The lowest BCUT2D eigenvalue weighted by atomic mass is 9.70. The topological polar surface area (TPSA) is 139 Å². The van der Waals surface area contributed by atoms with E-state index in [1.165, 1.54) is 4.90 Å². The molecule has 226 valence electrons. The van der Waals surface area contributed by atoms with Crippen molar-refractivity contribution in [3.8, 4) is 0 Å². The van der Waals surface area contributed by atoms with E-state index < -0.39 is 41.5 Å². The first-order valence-electron chi connectivity index (χ1n) is 15.0. The summed E-state index contributed by atoms with van der Waals surface area (Å²) in [6.07, 6.45) is 0.887. The second-order valence-electron chi connectivity index (χ2n) is 11.8. The van der Waals surface area contributed by atoms with Crippen LogP contribution in [0.2, 0.25) is 0 Å². The molecule has 7 rings (SSSR count). The fourth-order valence-electron chi connectivity index (χ4n) is 7.41. The fraction of sp³-hybridized carbons (Fsp3) is 0.364. The van der Waals surface area contributed by atoms with Gasteiger partial charge in [0.1, 0.15) is 23.8 Å². The molecule has 3 N–H and O–H groups in total. The van der Waals surface area contributed by atoms with Crippen molar-refractivity contribution in [3.05, 3.63) is 96.1 Å². The van der Waals surface area contributed by atoms with Crippen molar-refractivity contribution in [3.63, 3.8) is 0 Å². The van der Waals surface area contributed by atoms with E-state index in [2.05, 4.69) is 20.9 Å². The minimum absolute atomic E-state index is 0.0333. The monoisotopic (exact) mass is 594 g/mol. The van der Waals surface area contributed by atoms with Crippen molar-refractivity contribution < 1.29 is 24.2 Å². The molecule has 3 aliphatic rings. The van der Waals surface area contributed by atoms with E-state index in [0.717, 1.165) is 16.6 Å². The number of aliphatic hydroxyl groups excluding tert-OH is 1. The van der Waals surface area contributed by atoms with E-state index in [1.54, 1.807) is 4.68 Å². The van der Waals surface area contributed by atoms with E-state index in [-0.39, 0.29) is 25.1 Å². The van der Waals surface area contributed by atoms with Crippen LogP contribution in [0.3, 0.4) is 0 Å². The lowest BCUT2D eigenvalue weighted by Crippen LogP contribution is -2.58. The van der Waals surface area contributed by atoms with E-state index in [9.17, 15) is 19.5 Å². The average Bonchev–Trinajstić information content (AvgIpc) is 3.81. The number of fused-ring (bicyclic) bond motifs is 2. The molecule has 6 atom stereocenters. The Morgan fingerprint density at radius 2 is 1.66 bits per heavy atom. The van der Waals surface area contributed by atoms with Gasteiger partial charge < -0.3 is 25.4 Å². The summed E-state index contributed by atoms with van der Waals surface area (Å²) in [5.74, 6) is -2.61. The van der Waals surface area contributed by atoms with Crippen LogP contribution in [0.4, 0.5) is 0 Å². The Hall–Kier alpha value is -4.61. The van der Waals surface area contributed by atoms with Gasteiger partial charge in [0.25, 0.3) is 0 Å². The molecule has 11 heteroatoms. The van der Waals surface area contributed by atoms with Crippen LogP contribution < -0.4 is 10.6 Å². The maximum atomic E-state index is 14.4. The number of hydrogen-bond donors (Lipinski definition) is 3. The molecular weight excluding hydrogens is 560 g/mol. The first kappa shape index (κ1) is 28.2. The van der Waals surface area contributed by atoms with Crippen LogP contribution in [0.1, 0.15) is 24.0 Å². The summed E-state index contributed by atoms with van der Waals surface area (Å²) in [6, 6.07) is 24.8. The molecule has 3 aliphatic heterocycles. The third-order valence-corrected chi connectivity index (χ3v) is 9.34. The number of likely N-dealkylation sites (tertiary alicyclic amines) is 1. The number of carbonyl (C=O) groups is 3. The van der Waals surface area contributed by atoms with Gasteiger partial charge >= 0.3 is 0 Å². The maximum absolute atomic E-state index is 14.4. The van der Waals surface area contributed by atoms with Gasteiger partial charge in [-0.2, -0.15) is 0 Å². The van der Waals surface area contributed by atoms with Crippen LogP contribution in [0.5, 0.6) is 0 Å². The summed E-state index contributed by atoms with van der Waals surface area (Å²) < 4.78 is 8.14. The zero-order valence-corrected chi connectivity index (χ0v) is 24.1.